The van der Waals surface area contributed by atoms with Crippen molar-refractivity contribution in [3.05, 3.63) is 64.1 Å². The summed E-state index contributed by atoms with van der Waals surface area (Å²) in [5, 5.41) is 4.17. The minimum absolute atomic E-state index is 0.0539. The molecule has 110 valence electrons. The first-order valence-electron chi connectivity index (χ1n) is 6.65. The molecule has 0 aliphatic carbocycles. The first-order chi connectivity index (χ1) is 10.0. The minimum atomic E-state index is -0.0539. The number of hydrogen-bond donors (Lipinski definition) is 2. The van der Waals surface area contributed by atoms with Crippen molar-refractivity contribution >= 4 is 34.8 Å². The van der Waals surface area contributed by atoms with Gasteiger partial charge in [-0.15, -0.1) is 0 Å². The Morgan fingerprint density at radius 3 is 2.62 bits per heavy atom. The Balaban J connectivity index is 1.89. The smallest absolute Gasteiger partial charge is 0.279 e. The molecule has 1 unspecified atom stereocenters. The lowest BCUT2D eigenvalue weighted by molar-refractivity contribution is -0.885. The molecule has 1 amide bonds. The number of benzene rings is 2. The van der Waals surface area contributed by atoms with Crippen LogP contribution in [0.1, 0.15) is 5.56 Å². The highest BCUT2D eigenvalue weighted by Crippen LogP contribution is 2.15. The molecule has 2 aromatic carbocycles. The van der Waals surface area contributed by atoms with Crippen LogP contribution in [0.4, 0.5) is 5.69 Å². The second-order valence-electron chi connectivity index (χ2n) is 4.96. The molecule has 0 saturated heterocycles. The van der Waals surface area contributed by atoms with Crippen LogP contribution in [0.3, 0.4) is 0 Å². The fourth-order valence-corrected chi connectivity index (χ4v) is 2.47. The highest BCUT2D eigenvalue weighted by Gasteiger charge is 2.12. The number of carbonyl (C=O) groups excluding carboxylic acids is 1. The molecule has 0 heterocycles. The zero-order valence-electron chi connectivity index (χ0n) is 11.7. The van der Waals surface area contributed by atoms with Crippen LogP contribution < -0.4 is 10.2 Å². The first kappa shape index (κ1) is 15.8. The lowest BCUT2D eigenvalue weighted by Gasteiger charge is -2.14. The van der Waals surface area contributed by atoms with Crippen molar-refractivity contribution in [3.63, 3.8) is 0 Å². The second kappa shape index (κ2) is 7.46. The molecular weight excluding hydrogens is 307 g/mol. The standard InChI is InChI=1S/C16H16Cl2N2O/c1-20(10-12-5-2-3-8-15(12)18)11-16(21)19-14-7-4-6-13(17)9-14/h2-9H,10-11H2,1H3,(H,19,21)/p+1. The number of amides is 1. The average Bonchev–Trinajstić information content (AvgIpc) is 2.41. The number of likely N-dealkylation sites (N-methyl/N-ethyl adjacent to an activating group) is 1. The second-order valence-corrected chi connectivity index (χ2v) is 5.80. The van der Waals surface area contributed by atoms with E-state index in [0.717, 1.165) is 15.5 Å². The molecule has 21 heavy (non-hydrogen) atoms. The molecule has 2 rings (SSSR count). The first-order valence-corrected chi connectivity index (χ1v) is 7.40. The minimum Gasteiger partial charge on any atom is -0.326 e. The highest BCUT2D eigenvalue weighted by atomic mass is 35.5. The predicted octanol–water partition coefficient (Wildman–Crippen LogP) is 2.65. The maximum atomic E-state index is 12.0. The van der Waals surface area contributed by atoms with E-state index in [0.29, 0.717) is 23.8 Å². The molecule has 0 spiro atoms. The number of hydrogen-bond acceptors (Lipinski definition) is 1. The molecule has 5 heteroatoms. The highest BCUT2D eigenvalue weighted by molar-refractivity contribution is 6.31. The molecule has 2 N–H and O–H groups in total. The zero-order chi connectivity index (χ0) is 15.2. The van der Waals surface area contributed by atoms with Gasteiger partial charge in [0.25, 0.3) is 5.91 Å². The topological polar surface area (TPSA) is 33.5 Å². The van der Waals surface area contributed by atoms with Gasteiger partial charge in [0.15, 0.2) is 6.54 Å². The molecule has 0 saturated carbocycles. The summed E-state index contributed by atoms with van der Waals surface area (Å²) in [6, 6.07) is 14.8. The van der Waals surface area contributed by atoms with Crippen LogP contribution in [0.2, 0.25) is 10.0 Å². The summed E-state index contributed by atoms with van der Waals surface area (Å²) in [4.78, 5) is 13.1. The SMILES string of the molecule is C[NH+](CC(=O)Nc1cccc(Cl)c1)Cc1ccccc1Cl. The zero-order valence-corrected chi connectivity index (χ0v) is 13.2. The van der Waals surface area contributed by atoms with E-state index in [9.17, 15) is 4.79 Å². The predicted molar refractivity (Wildman–Crippen MR) is 87.0 cm³/mol. The van der Waals surface area contributed by atoms with Gasteiger partial charge >= 0.3 is 0 Å². The van der Waals surface area contributed by atoms with Gasteiger partial charge in [-0.25, -0.2) is 0 Å². The summed E-state index contributed by atoms with van der Waals surface area (Å²) in [7, 11) is 1.96. The Morgan fingerprint density at radius 2 is 1.90 bits per heavy atom. The lowest BCUT2D eigenvalue weighted by atomic mass is 10.2. The third kappa shape index (κ3) is 5.05. The summed E-state index contributed by atoms with van der Waals surface area (Å²) in [5.74, 6) is -0.0539. The van der Waals surface area contributed by atoms with Crippen molar-refractivity contribution in [3.8, 4) is 0 Å². The van der Waals surface area contributed by atoms with Gasteiger partial charge in [0.05, 0.1) is 7.05 Å². The third-order valence-electron chi connectivity index (χ3n) is 3.02. The van der Waals surface area contributed by atoms with Crippen LogP contribution in [-0.2, 0) is 11.3 Å². The molecule has 0 radical (unpaired) electrons. The number of carbonyl (C=O) groups is 1. The van der Waals surface area contributed by atoms with E-state index in [2.05, 4.69) is 5.32 Å². The molecule has 2 aromatic rings. The van der Waals surface area contributed by atoms with Crippen molar-refractivity contribution < 1.29 is 9.69 Å². The fourth-order valence-electron chi connectivity index (χ4n) is 2.07. The maximum absolute atomic E-state index is 12.0. The molecule has 0 bridgehead atoms. The molecule has 1 atom stereocenters. The summed E-state index contributed by atoms with van der Waals surface area (Å²) in [6.07, 6.45) is 0. The van der Waals surface area contributed by atoms with Gasteiger partial charge in [-0.1, -0.05) is 47.5 Å². The fraction of sp³-hybridized carbons (Fsp3) is 0.188. The van der Waals surface area contributed by atoms with E-state index in [1.807, 2.05) is 37.4 Å². The Bertz CT molecular complexity index is 631. The molecule has 0 aliphatic rings. The van der Waals surface area contributed by atoms with Crippen LogP contribution in [0.25, 0.3) is 0 Å². The van der Waals surface area contributed by atoms with E-state index in [1.165, 1.54) is 0 Å². The number of anilines is 1. The summed E-state index contributed by atoms with van der Waals surface area (Å²) in [5.41, 5.74) is 1.74. The Morgan fingerprint density at radius 1 is 1.14 bits per heavy atom. The number of nitrogens with one attached hydrogen (secondary N) is 2. The lowest BCUT2D eigenvalue weighted by Crippen LogP contribution is -3.08. The van der Waals surface area contributed by atoms with E-state index in [-0.39, 0.29) is 5.91 Å². The molecular formula is C16H17Cl2N2O+. The molecule has 3 nitrogen and oxygen atoms in total. The third-order valence-corrected chi connectivity index (χ3v) is 3.62. The van der Waals surface area contributed by atoms with Crippen LogP contribution in [0.15, 0.2) is 48.5 Å². The Hall–Kier alpha value is -1.55. The van der Waals surface area contributed by atoms with Crippen molar-refractivity contribution in [1.29, 1.82) is 0 Å². The van der Waals surface area contributed by atoms with E-state index < -0.39 is 0 Å². The van der Waals surface area contributed by atoms with Gasteiger partial charge in [0.2, 0.25) is 0 Å². The van der Waals surface area contributed by atoms with Crippen LogP contribution >= 0.6 is 23.2 Å². The molecule has 0 aliphatic heterocycles. The number of quaternary nitrogens is 1. The summed E-state index contributed by atoms with van der Waals surface area (Å²) < 4.78 is 0. The van der Waals surface area contributed by atoms with Crippen LogP contribution in [0, 0.1) is 0 Å². The average molecular weight is 324 g/mol. The number of halogens is 2. The monoisotopic (exact) mass is 323 g/mol. The van der Waals surface area contributed by atoms with Gasteiger partial charge in [-0.05, 0) is 24.3 Å². The summed E-state index contributed by atoms with van der Waals surface area (Å²) >= 11 is 12.0. The van der Waals surface area contributed by atoms with Gasteiger partial charge in [0.1, 0.15) is 6.54 Å². The summed E-state index contributed by atoms with van der Waals surface area (Å²) in [6.45, 7) is 1.06. The van der Waals surface area contributed by atoms with E-state index in [1.54, 1.807) is 18.2 Å². The maximum Gasteiger partial charge on any atom is 0.279 e. The normalized spacial score (nSPS) is 12.0. The van der Waals surface area contributed by atoms with E-state index in [4.69, 9.17) is 23.2 Å². The van der Waals surface area contributed by atoms with Crippen molar-refractivity contribution in [2.45, 2.75) is 6.54 Å². The van der Waals surface area contributed by atoms with Gasteiger partial charge in [-0.2, -0.15) is 0 Å². The van der Waals surface area contributed by atoms with Crippen LogP contribution in [-0.4, -0.2) is 19.5 Å². The van der Waals surface area contributed by atoms with Gasteiger partial charge in [-0.3, -0.25) is 4.79 Å². The van der Waals surface area contributed by atoms with Crippen LogP contribution in [0.5, 0.6) is 0 Å². The van der Waals surface area contributed by atoms with Crippen molar-refractivity contribution in [2.75, 3.05) is 18.9 Å². The van der Waals surface area contributed by atoms with Crippen molar-refractivity contribution in [1.82, 2.24) is 0 Å². The quantitative estimate of drug-likeness (QED) is 0.871. The van der Waals surface area contributed by atoms with E-state index >= 15 is 0 Å². The number of rotatable bonds is 5. The largest absolute Gasteiger partial charge is 0.326 e. The Kier molecular flexibility index (Phi) is 5.62. The van der Waals surface area contributed by atoms with Crippen molar-refractivity contribution in [2.24, 2.45) is 0 Å². The molecule has 0 fully saturated rings. The molecule has 0 aromatic heterocycles. The Labute approximate surface area is 134 Å². The van der Waals surface area contributed by atoms with Gasteiger partial charge < -0.3 is 10.2 Å². The van der Waals surface area contributed by atoms with Gasteiger partial charge in [0, 0.05) is 21.3 Å².